The van der Waals surface area contributed by atoms with Gasteiger partial charge in [0.05, 0.1) is 0 Å². The van der Waals surface area contributed by atoms with E-state index in [1.807, 2.05) is 19.9 Å². The highest BCUT2D eigenvalue weighted by atomic mass is 35.5. The van der Waals surface area contributed by atoms with E-state index in [-0.39, 0.29) is 0 Å². The van der Waals surface area contributed by atoms with Crippen molar-refractivity contribution in [2.45, 2.75) is 20.3 Å². The summed E-state index contributed by atoms with van der Waals surface area (Å²) < 4.78 is 0. The Kier molecular flexibility index (Phi) is 4.95. The lowest BCUT2D eigenvalue weighted by atomic mass is 10.2. The van der Waals surface area contributed by atoms with Crippen LogP contribution < -0.4 is 0 Å². The molecule has 0 amide bonds. The minimum atomic E-state index is 0.542. The third kappa shape index (κ3) is 2.83. The highest BCUT2D eigenvalue weighted by molar-refractivity contribution is 6.69. The molecule has 0 N–H and O–H groups in total. The second-order valence-electron chi connectivity index (χ2n) is 1.77. The predicted octanol–water partition coefficient (Wildman–Crippen LogP) is 3.12. The average molecular weight is 158 g/mol. The van der Waals surface area contributed by atoms with Gasteiger partial charge >= 0.3 is 0 Å². The monoisotopic (exact) mass is 157 g/mol. The van der Waals surface area contributed by atoms with Crippen LogP contribution in [-0.2, 0) is 0 Å². The summed E-state index contributed by atoms with van der Waals surface area (Å²) in [7, 11) is 0. The molecule has 0 aliphatic carbocycles. The van der Waals surface area contributed by atoms with Crippen molar-refractivity contribution in [3.63, 3.8) is 0 Å². The maximum absolute atomic E-state index is 5.76. The number of hydrogen-bond acceptors (Lipinski definition) is 1. The Balaban J connectivity index is 4.30. The average Bonchev–Trinajstić information content (AvgIpc) is 1.91. The lowest BCUT2D eigenvalue weighted by Gasteiger charge is -1.97. The summed E-state index contributed by atoms with van der Waals surface area (Å²) in [5, 5.41) is 0.542. The highest BCUT2D eigenvalue weighted by Gasteiger charge is 1.96. The first-order valence-corrected chi connectivity index (χ1v) is 3.63. The maximum atomic E-state index is 5.76. The second-order valence-corrected chi connectivity index (χ2v) is 2.13. The quantitative estimate of drug-likeness (QED) is 0.559. The van der Waals surface area contributed by atoms with Gasteiger partial charge in [-0.15, -0.1) is 0 Å². The molecule has 0 aliphatic rings. The summed E-state index contributed by atoms with van der Waals surface area (Å²) in [5.74, 6) is 0. The molecule has 2 heteroatoms. The molecular weight excluding hydrogens is 146 g/mol. The number of hydrogen-bond donors (Lipinski definition) is 0. The van der Waals surface area contributed by atoms with Crippen molar-refractivity contribution >= 4 is 16.8 Å². The summed E-state index contributed by atoms with van der Waals surface area (Å²) in [6.45, 7) is 7.43. The third-order valence-electron chi connectivity index (χ3n) is 1.20. The number of allylic oxidation sites excluding steroid dienone is 2. The summed E-state index contributed by atoms with van der Waals surface area (Å²) >= 11 is 5.76. The number of rotatable bonds is 3. The van der Waals surface area contributed by atoms with Crippen LogP contribution in [0.5, 0.6) is 0 Å². The van der Waals surface area contributed by atoms with Crippen LogP contribution in [0.3, 0.4) is 0 Å². The van der Waals surface area contributed by atoms with E-state index in [0.717, 1.165) is 12.0 Å². The van der Waals surface area contributed by atoms with Gasteiger partial charge in [0.2, 0.25) is 0 Å². The normalized spacial score (nSPS) is 13.5. The molecule has 0 saturated carbocycles. The molecule has 56 valence electrons. The SMILES string of the molecule is C=CN=C(Cl)/C(=C\C)CC. The van der Waals surface area contributed by atoms with Crippen LogP contribution in [0.1, 0.15) is 20.3 Å². The van der Waals surface area contributed by atoms with Gasteiger partial charge in [-0.1, -0.05) is 31.2 Å². The minimum Gasteiger partial charge on any atom is -0.245 e. The van der Waals surface area contributed by atoms with Gasteiger partial charge in [-0.05, 0) is 18.9 Å². The van der Waals surface area contributed by atoms with Crippen LogP contribution in [0.2, 0.25) is 0 Å². The Morgan fingerprint density at radius 2 is 2.30 bits per heavy atom. The van der Waals surface area contributed by atoms with Crippen molar-refractivity contribution in [1.82, 2.24) is 0 Å². The molecule has 0 heterocycles. The van der Waals surface area contributed by atoms with E-state index in [1.165, 1.54) is 6.20 Å². The largest absolute Gasteiger partial charge is 0.245 e. The Bertz CT molecular complexity index is 168. The van der Waals surface area contributed by atoms with Gasteiger partial charge in [-0.3, -0.25) is 0 Å². The molecule has 0 atom stereocenters. The lowest BCUT2D eigenvalue weighted by molar-refractivity contribution is 1.17. The summed E-state index contributed by atoms with van der Waals surface area (Å²) in [4.78, 5) is 3.84. The van der Waals surface area contributed by atoms with Gasteiger partial charge in [0, 0.05) is 6.20 Å². The molecule has 0 aromatic rings. The van der Waals surface area contributed by atoms with Crippen molar-refractivity contribution in [2.24, 2.45) is 4.99 Å². The lowest BCUT2D eigenvalue weighted by Crippen LogP contribution is -1.90. The molecule has 0 aromatic carbocycles. The number of halogens is 1. The van der Waals surface area contributed by atoms with Crippen LogP contribution in [0.25, 0.3) is 0 Å². The minimum absolute atomic E-state index is 0.542. The molecular formula is C8H12ClN. The summed E-state index contributed by atoms with van der Waals surface area (Å²) in [5.41, 5.74) is 1.06. The van der Waals surface area contributed by atoms with Crippen LogP contribution in [0, 0.1) is 0 Å². The van der Waals surface area contributed by atoms with E-state index in [1.54, 1.807) is 0 Å². The predicted molar refractivity (Wildman–Crippen MR) is 47.5 cm³/mol. The zero-order chi connectivity index (χ0) is 7.98. The van der Waals surface area contributed by atoms with Crippen molar-refractivity contribution in [3.05, 3.63) is 24.4 Å². The van der Waals surface area contributed by atoms with Gasteiger partial charge in [0.15, 0.2) is 0 Å². The van der Waals surface area contributed by atoms with E-state index in [0.29, 0.717) is 5.17 Å². The molecule has 0 aromatic heterocycles. The first kappa shape index (κ1) is 9.44. The van der Waals surface area contributed by atoms with E-state index in [2.05, 4.69) is 11.6 Å². The van der Waals surface area contributed by atoms with Crippen molar-refractivity contribution in [3.8, 4) is 0 Å². The molecule has 1 nitrogen and oxygen atoms in total. The van der Waals surface area contributed by atoms with E-state index >= 15 is 0 Å². The molecule has 0 bridgehead atoms. The topological polar surface area (TPSA) is 12.4 Å². The van der Waals surface area contributed by atoms with Crippen LogP contribution in [0.15, 0.2) is 29.4 Å². The van der Waals surface area contributed by atoms with E-state index in [9.17, 15) is 0 Å². The Hall–Kier alpha value is -0.560. The molecule has 0 spiro atoms. The van der Waals surface area contributed by atoms with Crippen molar-refractivity contribution in [2.75, 3.05) is 0 Å². The third-order valence-corrected chi connectivity index (χ3v) is 1.54. The Labute approximate surface area is 67.1 Å². The first-order valence-electron chi connectivity index (χ1n) is 3.26. The van der Waals surface area contributed by atoms with Crippen LogP contribution >= 0.6 is 11.6 Å². The Morgan fingerprint density at radius 1 is 1.70 bits per heavy atom. The molecule has 0 aliphatic heterocycles. The zero-order valence-corrected chi connectivity index (χ0v) is 7.15. The van der Waals surface area contributed by atoms with Crippen molar-refractivity contribution < 1.29 is 0 Å². The van der Waals surface area contributed by atoms with Gasteiger partial charge in [-0.2, -0.15) is 0 Å². The van der Waals surface area contributed by atoms with E-state index < -0.39 is 0 Å². The molecule has 10 heavy (non-hydrogen) atoms. The van der Waals surface area contributed by atoms with Crippen LogP contribution in [0.4, 0.5) is 0 Å². The highest BCUT2D eigenvalue weighted by Crippen LogP contribution is 2.06. The van der Waals surface area contributed by atoms with Gasteiger partial charge in [0.25, 0.3) is 0 Å². The fraction of sp³-hybridized carbons (Fsp3) is 0.375. The number of nitrogens with zero attached hydrogens (tertiary/aromatic N) is 1. The first-order chi connectivity index (χ1) is 4.76. The van der Waals surface area contributed by atoms with Crippen LogP contribution in [-0.4, -0.2) is 5.17 Å². The van der Waals surface area contributed by atoms with Gasteiger partial charge < -0.3 is 0 Å². The van der Waals surface area contributed by atoms with E-state index in [4.69, 9.17) is 11.6 Å². The fourth-order valence-corrected chi connectivity index (χ4v) is 0.944. The smallest absolute Gasteiger partial charge is 0.131 e. The molecule has 0 rings (SSSR count). The fourth-order valence-electron chi connectivity index (χ4n) is 0.632. The molecule has 0 saturated heterocycles. The van der Waals surface area contributed by atoms with Crippen molar-refractivity contribution in [1.29, 1.82) is 0 Å². The maximum Gasteiger partial charge on any atom is 0.131 e. The Morgan fingerprint density at radius 3 is 2.60 bits per heavy atom. The summed E-state index contributed by atoms with van der Waals surface area (Å²) in [6, 6.07) is 0. The molecule has 0 radical (unpaired) electrons. The second kappa shape index (κ2) is 5.24. The standard InChI is InChI=1S/C8H12ClN/c1-4-7(5-2)8(9)10-6-3/h4,6H,3,5H2,1-2H3/b7-4-,10-8?. The molecule has 0 fully saturated rings. The number of aliphatic imine (C=N–C) groups is 1. The zero-order valence-electron chi connectivity index (χ0n) is 6.39. The van der Waals surface area contributed by atoms with Gasteiger partial charge in [-0.25, -0.2) is 4.99 Å². The van der Waals surface area contributed by atoms with Gasteiger partial charge in [0.1, 0.15) is 5.17 Å². The molecule has 0 unspecified atom stereocenters. The summed E-state index contributed by atoms with van der Waals surface area (Å²) in [6.07, 6.45) is 4.31.